The van der Waals surface area contributed by atoms with Gasteiger partial charge < -0.3 is 4.90 Å². The number of rotatable bonds is 9. The van der Waals surface area contributed by atoms with Gasteiger partial charge in [0.1, 0.15) is 0 Å². The number of halogens is 6. The lowest BCUT2D eigenvalue weighted by molar-refractivity contribution is -0.0914. The van der Waals surface area contributed by atoms with Crippen LogP contribution in [0, 0.1) is 5.92 Å². The number of carbonyl (C=O) groups excluding carboxylic acids is 1. The van der Waals surface area contributed by atoms with E-state index in [1.807, 2.05) is 0 Å². The van der Waals surface area contributed by atoms with E-state index in [4.69, 9.17) is 11.6 Å². The van der Waals surface area contributed by atoms with Gasteiger partial charge in [0.2, 0.25) is 0 Å². The van der Waals surface area contributed by atoms with E-state index < -0.39 is 48.5 Å². The van der Waals surface area contributed by atoms with Crippen molar-refractivity contribution in [3.63, 3.8) is 0 Å². The molecule has 37 heavy (non-hydrogen) atoms. The number of hydrogen-bond donors (Lipinski definition) is 1. The van der Waals surface area contributed by atoms with Crippen LogP contribution in [0.4, 0.5) is 22.0 Å². The first kappa shape index (κ1) is 30.4. The number of benzene rings is 1. The van der Waals surface area contributed by atoms with E-state index in [2.05, 4.69) is 21.9 Å². The first-order valence-corrected chi connectivity index (χ1v) is 12.0. The average Bonchev–Trinajstić information content (AvgIpc) is 2.80. The molecular weight excluding hydrogens is 515 g/mol. The third-order valence-electron chi connectivity index (χ3n) is 5.80. The van der Waals surface area contributed by atoms with Gasteiger partial charge in [-0.3, -0.25) is 20.1 Å². The molecule has 2 atom stereocenters. The van der Waals surface area contributed by atoms with Gasteiger partial charge in [-0.05, 0) is 38.0 Å². The van der Waals surface area contributed by atoms with Crippen LogP contribution < -0.4 is 5.32 Å². The molecule has 1 fully saturated rings. The first-order valence-electron chi connectivity index (χ1n) is 11.6. The van der Waals surface area contributed by atoms with Crippen molar-refractivity contribution in [2.45, 2.75) is 45.3 Å². The number of likely N-dealkylation sites (tertiary alicyclic amines) is 1. The first-order chi connectivity index (χ1) is 17.3. The third-order valence-corrected chi connectivity index (χ3v) is 6.03. The second-order valence-electron chi connectivity index (χ2n) is 8.64. The molecule has 0 aromatic heterocycles. The fraction of sp³-hybridized carbons (Fsp3) is 0.423. The Morgan fingerprint density at radius 2 is 2.00 bits per heavy atom. The van der Waals surface area contributed by atoms with Gasteiger partial charge in [-0.2, -0.15) is 13.2 Å². The summed E-state index contributed by atoms with van der Waals surface area (Å²) in [6.07, 6.45) is 1.56. The van der Waals surface area contributed by atoms with Crippen LogP contribution >= 0.6 is 11.6 Å². The minimum Gasteiger partial charge on any atom is -0.328 e. The van der Waals surface area contributed by atoms with Crippen LogP contribution in [0.15, 0.2) is 58.6 Å². The van der Waals surface area contributed by atoms with E-state index in [1.54, 1.807) is 38.1 Å². The summed E-state index contributed by atoms with van der Waals surface area (Å²) in [5.41, 5.74) is -0.226. The van der Waals surface area contributed by atoms with Crippen molar-refractivity contribution in [2.75, 3.05) is 19.8 Å². The van der Waals surface area contributed by atoms with Gasteiger partial charge in [0.05, 0.1) is 30.0 Å². The molecule has 2 unspecified atom stereocenters. The molecule has 2 rings (SSSR count). The second kappa shape index (κ2) is 13.1. The molecule has 0 aliphatic carbocycles. The fourth-order valence-electron chi connectivity index (χ4n) is 4.00. The summed E-state index contributed by atoms with van der Waals surface area (Å²) >= 11 is 6.13. The van der Waals surface area contributed by atoms with Gasteiger partial charge in [-0.15, -0.1) is 0 Å². The predicted molar refractivity (Wildman–Crippen MR) is 139 cm³/mol. The zero-order valence-corrected chi connectivity index (χ0v) is 21.6. The molecule has 5 nitrogen and oxygen atoms in total. The fourth-order valence-corrected chi connectivity index (χ4v) is 4.17. The molecule has 1 aliphatic rings. The van der Waals surface area contributed by atoms with Gasteiger partial charge in [0, 0.05) is 42.0 Å². The molecule has 11 heteroatoms. The molecule has 1 aromatic carbocycles. The highest BCUT2D eigenvalue weighted by atomic mass is 35.5. The monoisotopic (exact) mass is 544 g/mol. The average molecular weight is 545 g/mol. The lowest BCUT2D eigenvalue weighted by Gasteiger charge is -2.43. The van der Waals surface area contributed by atoms with Crippen LogP contribution in [-0.2, 0) is 0 Å². The lowest BCUT2D eigenvalue weighted by Crippen LogP contribution is -2.58. The summed E-state index contributed by atoms with van der Waals surface area (Å²) in [5.74, 6) is -4.39. The maximum Gasteiger partial charge on any atom is 0.417 e. The van der Waals surface area contributed by atoms with Gasteiger partial charge in [-0.1, -0.05) is 43.3 Å². The van der Waals surface area contributed by atoms with E-state index in [1.165, 1.54) is 19.2 Å². The van der Waals surface area contributed by atoms with Gasteiger partial charge >= 0.3 is 6.18 Å². The molecule has 1 aliphatic heterocycles. The topological polar surface area (TPSA) is 57.1 Å². The summed E-state index contributed by atoms with van der Waals surface area (Å²) in [5, 5.41) is 3.10. The maximum absolute atomic E-state index is 14.6. The van der Waals surface area contributed by atoms with Crippen LogP contribution in [0.1, 0.15) is 43.1 Å². The minimum atomic E-state index is -4.53. The van der Waals surface area contributed by atoms with Crippen LogP contribution in [0.25, 0.3) is 5.70 Å². The summed E-state index contributed by atoms with van der Waals surface area (Å²) in [6.45, 7) is 7.58. The van der Waals surface area contributed by atoms with Crippen molar-refractivity contribution in [3.8, 4) is 0 Å². The Hall–Kier alpha value is -2.85. The summed E-state index contributed by atoms with van der Waals surface area (Å²) in [4.78, 5) is 22.6. The standard InChI is InChI=1S/C26H30ClF5N4O/c1-5-7-10-35-18(4)21-9-8-20(27)11-22(21)24(37)36-15-25(28,29)12-17(3)23(36)14-34-16-33-13-19(6-2)26(30,31)32/h5-11,13,17,23,34H,4,12,14-16H2,1-3H3/b7-5-,19-6+,33-13-,35-10-. The van der Waals surface area contributed by atoms with Crippen LogP contribution in [-0.4, -0.2) is 61.1 Å². The Labute approximate surface area is 218 Å². The highest BCUT2D eigenvalue weighted by Gasteiger charge is 2.46. The minimum absolute atomic E-state index is 0.0494. The van der Waals surface area contributed by atoms with Crippen molar-refractivity contribution in [1.82, 2.24) is 10.2 Å². The SMILES string of the molecule is C=C(/N=C\C=C/C)c1ccc(Cl)cc1C(=O)N1CC(F)(F)CC(C)C1CNC/N=C\C(=C/C)C(F)(F)F. The Bertz CT molecular complexity index is 1090. The number of nitrogens with one attached hydrogen (secondary N) is 1. The van der Waals surface area contributed by atoms with Crippen molar-refractivity contribution in [2.24, 2.45) is 15.9 Å². The number of amides is 1. The van der Waals surface area contributed by atoms with E-state index in [0.29, 0.717) is 11.8 Å². The normalized spacial score (nSPS) is 20.9. The summed E-state index contributed by atoms with van der Waals surface area (Å²) < 4.78 is 67.6. The Morgan fingerprint density at radius 1 is 1.30 bits per heavy atom. The van der Waals surface area contributed by atoms with Gasteiger partial charge in [0.15, 0.2) is 0 Å². The summed E-state index contributed by atoms with van der Waals surface area (Å²) in [7, 11) is 0. The highest BCUT2D eigenvalue weighted by molar-refractivity contribution is 6.31. The molecule has 0 bridgehead atoms. The van der Waals surface area contributed by atoms with Crippen LogP contribution in [0.2, 0.25) is 5.02 Å². The van der Waals surface area contributed by atoms with E-state index in [9.17, 15) is 26.7 Å². The van der Waals surface area contributed by atoms with Crippen molar-refractivity contribution >= 4 is 35.6 Å². The summed E-state index contributed by atoms with van der Waals surface area (Å²) in [6, 6.07) is 3.82. The van der Waals surface area contributed by atoms with E-state index >= 15 is 0 Å². The number of nitrogens with zero attached hydrogens (tertiary/aromatic N) is 3. The lowest BCUT2D eigenvalue weighted by atomic mass is 9.87. The maximum atomic E-state index is 14.6. The van der Waals surface area contributed by atoms with E-state index in [0.717, 1.165) is 11.0 Å². The largest absolute Gasteiger partial charge is 0.417 e. The van der Waals surface area contributed by atoms with Gasteiger partial charge in [0.25, 0.3) is 11.8 Å². The molecule has 1 saturated heterocycles. The number of carbonyl (C=O) groups is 1. The number of allylic oxidation sites excluding steroid dienone is 4. The Balaban J connectivity index is 2.29. The molecule has 1 aromatic rings. The molecular formula is C26H30ClF5N4O. The van der Waals surface area contributed by atoms with Crippen molar-refractivity contribution in [1.29, 1.82) is 0 Å². The van der Waals surface area contributed by atoms with Crippen molar-refractivity contribution in [3.05, 3.63) is 64.7 Å². The number of hydrogen-bond acceptors (Lipinski definition) is 4. The molecule has 0 spiro atoms. The number of piperidine rings is 1. The quantitative estimate of drug-likeness (QED) is 0.217. The molecule has 0 radical (unpaired) electrons. The molecule has 202 valence electrons. The smallest absolute Gasteiger partial charge is 0.328 e. The van der Waals surface area contributed by atoms with Crippen LogP contribution in [0.5, 0.6) is 0 Å². The highest BCUT2D eigenvalue weighted by Crippen LogP contribution is 2.36. The molecule has 0 saturated carbocycles. The zero-order valence-electron chi connectivity index (χ0n) is 20.8. The number of aliphatic imine (C=N–C) groups is 2. The molecule has 1 amide bonds. The molecule has 1 N–H and O–H groups in total. The number of alkyl halides is 5. The van der Waals surface area contributed by atoms with E-state index in [-0.39, 0.29) is 29.5 Å². The zero-order chi connectivity index (χ0) is 27.8. The van der Waals surface area contributed by atoms with Crippen molar-refractivity contribution < 1.29 is 26.7 Å². The second-order valence-corrected chi connectivity index (χ2v) is 9.08. The van der Waals surface area contributed by atoms with Gasteiger partial charge in [-0.25, -0.2) is 8.78 Å². The van der Waals surface area contributed by atoms with Crippen LogP contribution in [0.3, 0.4) is 0 Å². The Morgan fingerprint density at radius 3 is 2.62 bits per heavy atom. The third kappa shape index (κ3) is 8.60. The Kier molecular flexibility index (Phi) is 10.8. The predicted octanol–water partition coefficient (Wildman–Crippen LogP) is 6.57. The molecule has 1 heterocycles.